The van der Waals surface area contributed by atoms with Gasteiger partial charge < -0.3 is 14.8 Å². The number of nitrogens with zero attached hydrogens (tertiary/aromatic N) is 1. The summed E-state index contributed by atoms with van der Waals surface area (Å²) in [5, 5.41) is 12.5. The van der Waals surface area contributed by atoms with Crippen molar-refractivity contribution in [3.63, 3.8) is 0 Å². The molecule has 1 aliphatic carbocycles. The lowest BCUT2D eigenvalue weighted by molar-refractivity contribution is -0.0757. The number of H-pyrrole nitrogens is 1. The number of aliphatic hydroxyl groups is 1. The van der Waals surface area contributed by atoms with Gasteiger partial charge in [0.15, 0.2) is 0 Å². The van der Waals surface area contributed by atoms with Gasteiger partial charge >= 0.3 is 0 Å². The molecule has 0 amide bonds. The van der Waals surface area contributed by atoms with Gasteiger partial charge in [0, 0.05) is 30.5 Å². The van der Waals surface area contributed by atoms with Crippen molar-refractivity contribution in [2.24, 2.45) is 10.9 Å². The zero-order valence-electron chi connectivity index (χ0n) is 13.6. The minimum absolute atomic E-state index is 0.0586. The Morgan fingerprint density at radius 1 is 1.35 bits per heavy atom. The van der Waals surface area contributed by atoms with Crippen LogP contribution < -0.4 is 0 Å². The van der Waals surface area contributed by atoms with E-state index in [0.29, 0.717) is 6.61 Å². The second kappa shape index (κ2) is 5.77. The lowest BCUT2D eigenvalue weighted by atomic mass is 9.72. The van der Waals surface area contributed by atoms with Crippen LogP contribution in [-0.2, 0) is 11.2 Å². The quantitative estimate of drug-likeness (QED) is 0.915. The van der Waals surface area contributed by atoms with Gasteiger partial charge in [-0.25, -0.2) is 0 Å². The molecule has 23 heavy (non-hydrogen) atoms. The minimum atomic E-state index is -0.794. The molecule has 0 spiro atoms. The van der Waals surface area contributed by atoms with Crippen LogP contribution in [0.5, 0.6) is 0 Å². The van der Waals surface area contributed by atoms with Crippen molar-refractivity contribution in [2.75, 3.05) is 20.3 Å². The first-order valence-corrected chi connectivity index (χ1v) is 8.58. The molecule has 1 aromatic carbocycles. The van der Waals surface area contributed by atoms with E-state index in [0.717, 1.165) is 55.6 Å². The van der Waals surface area contributed by atoms with Gasteiger partial charge in [-0.05, 0) is 30.9 Å². The van der Waals surface area contributed by atoms with Crippen LogP contribution in [0.25, 0.3) is 10.9 Å². The number of methoxy groups -OCH3 is 1. The van der Waals surface area contributed by atoms with E-state index < -0.39 is 5.60 Å². The van der Waals surface area contributed by atoms with Crippen molar-refractivity contribution in [2.45, 2.75) is 37.7 Å². The van der Waals surface area contributed by atoms with Crippen molar-refractivity contribution in [1.82, 2.24) is 4.98 Å². The van der Waals surface area contributed by atoms with Crippen LogP contribution in [0.3, 0.4) is 0 Å². The summed E-state index contributed by atoms with van der Waals surface area (Å²) < 4.78 is 5.34. The molecular weight excluding hydrogens is 288 g/mol. The molecule has 4 heteroatoms. The summed E-state index contributed by atoms with van der Waals surface area (Å²) in [5.41, 5.74) is 3.92. The van der Waals surface area contributed by atoms with Crippen LogP contribution in [0, 0.1) is 5.92 Å². The summed E-state index contributed by atoms with van der Waals surface area (Å²) in [6, 6.07) is 8.44. The van der Waals surface area contributed by atoms with Gasteiger partial charge in [0.2, 0.25) is 0 Å². The molecule has 1 saturated carbocycles. The highest BCUT2D eigenvalue weighted by molar-refractivity contribution is 6.08. The fourth-order valence-electron chi connectivity index (χ4n) is 4.37. The number of rotatable bonds is 3. The van der Waals surface area contributed by atoms with Gasteiger partial charge in [0.25, 0.3) is 0 Å². The summed E-state index contributed by atoms with van der Waals surface area (Å²) in [6.07, 6.45) is 4.94. The summed E-state index contributed by atoms with van der Waals surface area (Å²) >= 11 is 0. The van der Waals surface area contributed by atoms with Crippen molar-refractivity contribution in [3.8, 4) is 0 Å². The van der Waals surface area contributed by atoms with Gasteiger partial charge in [-0.3, -0.25) is 4.99 Å². The predicted molar refractivity (Wildman–Crippen MR) is 92.2 cm³/mol. The summed E-state index contributed by atoms with van der Waals surface area (Å²) in [6.45, 7) is 1.19. The Balaban J connectivity index is 1.79. The standard InChI is InChI=1S/C19H24N2O2/c1-23-12-19(22)10-5-4-7-15(19)18-17-14(9-11-20-18)13-6-2-3-8-16(13)21-17/h2-3,6,8,15,21-22H,4-5,7,9-12H2,1H3. The van der Waals surface area contributed by atoms with E-state index in [1.165, 1.54) is 10.9 Å². The third-order valence-corrected chi connectivity index (χ3v) is 5.44. The van der Waals surface area contributed by atoms with E-state index in [1.54, 1.807) is 7.11 Å². The van der Waals surface area contributed by atoms with Crippen LogP contribution in [-0.4, -0.2) is 41.7 Å². The lowest BCUT2D eigenvalue weighted by Gasteiger charge is -2.40. The van der Waals surface area contributed by atoms with E-state index in [4.69, 9.17) is 9.73 Å². The number of para-hydroxylation sites is 1. The number of aromatic nitrogens is 1. The molecular formula is C19H24N2O2. The molecule has 0 saturated heterocycles. The molecule has 1 aliphatic heterocycles. The average molecular weight is 312 g/mol. The van der Waals surface area contributed by atoms with Crippen LogP contribution >= 0.6 is 0 Å². The molecule has 2 atom stereocenters. The molecule has 2 N–H and O–H groups in total. The van der Waals surface area contributed by atoms with Gasteiger partial charge in [-0.15, -0.1) is 0 Å². The Labute approximate surface area is 136 Å². The second-order valence-electron chi connectivity index (χ2n) is 6.88. The topological polar surface area (TPSA) is 57.6 Å². The number of aliphatic imine (C=N–C) groups is 1. The maximum atomic E-state index is 11.2. The summed E-state index contributed by atoms with van der Waals surface area (Å²) in [7, 11) is 1.67. The number of ether oxygens (including phenoxy) is 1. The molecule has 2 unspecified atom stereocenters. The first kappa shape index (κ1) is 14.9. The fourth-order valence-corrected chi connectivity index (χ4v) is 4.37. The van der Waals surface area contributed by atoms with Gasteiger partial charge in [-0.1, -0.05) is 31.0 Å². The van der Waals surface area contributed by atoms with E-state index in [9.17, 15) is 5.11 Å². The van der Waals surface area contributed by atoms with Gasteiger partial charge in [0.1, 0.15) is 0 Å². The van der Waals surface area contributed by atoms with Crippen LogP contribution in [0.15, 0.2) is 29.3 Å². The number of benzene rings is 1. The van der Waals surface area contributed by atoms with E-state index in [1.807, 2.05) is 0 Å². The zero-order valence-corrected chi connectivity index (χ0v) is 13.6. The number of fused-ring (bicyclic) bond motifs is 3. The first-order valence-electron chi connectivity index (χ1n) is 8.58. The Morgan fingerprint density at radius 2 is 2.22 bits per heavy atom. The minimum Gasteiger partial charge on any atom is -0.387 e. The van der Waals surface area contributed by atoms with Crippen LogP contribution in [0.1, 0.15) is 36.9 Å². The summed E-state index contributed by atoms with van der Waals surface area (Å²) in [5.74, 6) is 0.0586. The van der Waals surface area contributed by atoms with Crippen molar-refractivity contribution < 1.29 is 9.84 Å². The van der Waals surface area contributed by atoms with Gasteiger partial charge in [0.05, 0.1) is 23.6 Å². The molecule has 4 nitrogen and oxygen atoms in total. The maximum Gasteiger partial charge on any atom is 0.0963 e. The number of hydrogen-bond donors (Lipinski definition) is 2. The maximum absolute atomic E-state index is 11.2. The SMILES string of the molecule is COCC1(O)CCCCC1C1=NCCc2c1[nH]c1ccccc21. The number of nitrogens with one attached hydrogen (secondary N) is 1. The molecule has 1 aromatic heterocycles. The monoisotopic (exact) mass is 312 g/mol. The van der Waals surface area contributed by atoms with E-state index in [2.05, 4.69) is 29.2 Å². The molecule has 2 heterocycles. The second-order valence-corrected chi connectivity index (χ2v) is 6.88. The van der Waals surface area contributed by atoms with Crippen molar-refractivity contribution in [3.05, 3.63) is 35.5 Å². The number of aromatic amines is 1. The van der Waals surface area contributed by atoms with Crippen molar-refractivity contribution in [1.29, 1.82) is 0 Å². The molecule has 0 radical (unpaired) electrons. The Kier molecular flexibility index (Phi) is 3.74. The molecule has 4 rings (SSSR count). The molecule has 1 fully saturated rings. The lowest BCUT2D eigenvalue weighted by Crippen LogP contribution is -2.49. The number of hydrogen-bond acceptors (Lipinski definition) is 3. The van der Waals surface area contributed by atoms with Crippen LogP contribution in [0.2, 0.25) is 0 Å². The molecule has 122 valence electrons. The van der Waals surface area contributed by atoms with Gasteiger partial charge in [-0.2, -0.15) is 0 Å². The Bertz CT molecular complexity index is 745. The third kappa shape index (κ3) is 2.41. The van der Waals surface area contributed by atoms with Crippen molar-refractivity contribution >= 4 is 16.6 Å². The normalized spacial score (nSPS) is 27.7. The molecule has 0 bridgehead atoms. The van der Waals surface area contributed by atoms with Crippen LogP contribution in [0.4, 0.5) is 0 Å². The average Bonchev–Trinajstić information content (AvgIpc) is 2.94. The highest BCUT2D eigenvalue weighted by Gasteiger charge is 2.43. The Morgan fingerprint density at radius 3 is 3.09 bits per heavy atom. The Hall–Kier alpha value is -1.65. The highest BCUT2D eigenvalue weighted by atomic mass is 16.5. The largest absolute Gasteiger partial charge is 0.387 e. The first-order chi connectivity index (χ1) is 11.2. The smallest absolute Gasteiger partial charge is 0.0963 e. The third-order valence-electron chi connectivity index (χ3n) is 5.44. The highest BCUT2D eigenvalue weighted by Crippen LogP contribution is 2.39. The molecule has 2 aromatic rings. The predicted octanol–water partition coefficient (Wildman–Crippen LogP) is 3.08. The van der Waals surface area contributed by atoms with E-state index >= 15 is 0 Å². The zero-order chi connectivity index (χ0) is 15.9. The molecule has 2 aliphatic rings. The summed E-state index contributed by atoms with van der Waals surface area (Å²) in [4.78, 5) is 8.40. The fraction of sp³-hybridized carbons (Fsp3) is 0.526. The van der Waals surface area contributed by atoms with E-state index in [-0.39, 0.29) is 5.92 Å².